The first-order valence-corrected chi connectivity index (χ1v) is 9.26. The number of hydrogen-bond acceptors (Lipinski definition) is 5. The van der Waals surface area contributed by atoms with Crippen LogP contribution in [0.15, 0.2) is 47.4 Å². The highest BCUT2D eigenvalue weighted by molar-refractivity contribution is 8.03. The van der Waals surface area contributed by atoms with Crippen LogP contribution in [0.4, 0.5) is 5.69 Å². The molecule has 0 aromatic heterocycles. The predicted octanol–water partition coefficient (Wildman–Crippen LogP) is 4.66. The number of nitrogens with one attached hydrogen (secondary N) is 1. The Morgan fingerprint density at radius 1 is 1.15 bits per heavy atom. The van der Waals surface area contributed by atoms with Gasteiger partial charge in [-0.1, -0.05) is 32.9 Å². The second kappa shape index (κ2) is 8.74. The number of carbonyl (C=O) groups is 2. The molecule has 2 rings (SSSR count). The van der Waals surface area contributed by atoms with Crippen molar-refractivity contribution in [2.75, 3.05) is 11.9 Å². The lowest BCUT2D eigenvalue weighted by Gasteiger charge is -2.18. The number of nitriles is 1. The van der Waals surface area contributed by atoms with Gasteiger partial charge in [-0.2, -0.15) is 5.26 Å². The van der Waals surface area contributed by atoms with Crippen LogP contribution in [-0.2, 0) is 14.9 Å². The van der Waals surface area contributed by atoms with E-state index in [4.69, 9.17) is 10.00 Å². The van der Waals surface area contributed by atoms with Gasteiger partial charge in [-0.15, -0.1) is 0 Å². The molecule has 2 aromatic rings. The lowest BCUT2D eigenvalue weighted by molar-refractivity contribution is -0.119. The maximum absolute atomic E-state index is 12.1. The number of rotatable bonds is 5. The first kappa shape index (κ1) is 20.5. The lowest BCUT2D eigenvalue weighted by atomic mass is 9.87. The molecule has 140 valence electrons. The fraction of sp³-hybridized carbons (Fsp3) is 0.286. The molecular weight excluding hydrogens is 360 g/mol. The molecule has 0 heterocycles. The van der Waals surface area contributed by atoms with Gasteiger partial charge in [0, 0.05) is 10.6 Å². The standard InChI is InChI=1S/C21H22N2O3S/c1-14-11-17(27-13-22)9-10-18(14)23-19(24)12-26-20(25)15-5-7-16(8-6-15)21(2,3)4/h5-11H,12H2,1-4H3,(H,23,24). The van der Waals surface area contributed by atoms with Crippen LogP contribution >= 0.6 is 11.8 Å². The van der Waals surface area contributed by atoms with Crippen LogP contribution in [0.25, 0.3) is 0 Å². The van der Waals surface area contributed by atoms with Crippen LogP contribution in [0.3, 0.4) is 0 Å². The van der Waals surface area contributed by atoms with Gasteiger partial charge >= 0.3 is 5.97 Å². The number of hydrogen-bond donors (Lipinski definition) is 1. The third kappa shape index (κ3) is 5.87. The second-order valence-electron chi connectivity index (χ2n) is 7.12. The van der Waals surface area contributed by atoms with E-state index in [2.05, 4.69) is 26.1 Å². The Labute approximate surface area is 163 Å². The van der Waals surface area contributed by atoms with Crippen LogP contribution in [0.1, 0.15) is 42.3 Å². The van der Waals surface area contributed by atoms with E-state index in [1.807, 2.05) is 30.5 Å². The Balaban J connectivity index is 1.92. The molecule has 0 radical (unpaired) electrons. The summed E-state index contributed by atoms with van der Waals surface area (Å²) in [4.78, 5) is 25.0. The Bertz CT molecular complexity index is 878. The highest BCUT2D eigenvalue weighted by Gasteiger charge is 2.15. The molecule has 0 saturated heterocycles. The van der Waals surface area contributed by atoms with Gasteiger partial charge in [0.05, 0.1) is 5.56 Å². The summed E-state index contributed by atoms with van der Waals surface area (Å²) < 4.78 is 5.09. The Morgan fingerprint density at radius 2 is 1.81 bits per heavy atom. The van der Waals surface area contributed by atoms with Gasteiger partial charge in [0.25, 0.3) is 5.91 Å². The molecule has 0 aliphatic rings. The van der Waals surface area contributed by atoms with Crippen molar-refractivity contribution in [3.8, 4) is 5.40 Å². The topological polar surface area (TPSA) is 79.2 Å². The van der Waals surface area contributed by atoms with Crippen molar-refractivity contribution in [3.63, 3.8) is 0 Å². The zero-order valence-electron chi connectivity index (χ0n) is 15.8. The van der Waals surface area contributed by atoms with Gasteiger partial charge < -0.3 is 10.1 Å². The summed E-state index contributed by atoms with van der Waals surface area (Å²) in [5, 5.41) is 13.4. The zero-order valence-corrected chi connectivity index (χ0v) is 16.6. The Morgan fingerprint density at radius 3 is 2.37 bits per heavy atom. The number of esters is 1. The lowest BCUT2D eigenvalue weighted by Crippen LogP contribution is -2.21. The quantitative estimate of drug-likeness (QED) is 0.462. The molecule has 5 nitrogen and oxygen atoms in total. The summed E-state index contributed by atoms with van der Waals surface area (Å²) in [5.74, 6) is -0.957. The smallest absolute Gasteiger partial charge is 0.338 e. The molecule has 0 atom stereocenters. The molecule has 0 aliphatic heterocycles. The van der Waals surface area contributed by atoms with Gasteiger partial charge in [0.1, 0.15) is 5.40 Å². The maximum Gasteiger partial charge on any atom is 0.338 e. The van der Waals surface area contributed by atoms with E-state index in [0.717, 1.165) is 27.8 Å². The van der Waals surface area contributed by atoms with Crippen LogP contribution < -0.4 is 5.32 Å². The van der Waals surface area contributed by atoms with E-state index >= 15 is 0 Å². The molecule has 0 unspecified atom stereocenters. The minimum Gasteiger partial charge on any atom is -0.452 e. The van der Waals surface area contributed by atoms with Crippen molar-refractivity contribution in [2.24, 2.45) is 0 Å². The first-order chi connectivity index (χ1) is 12.7. The summed E-state index contributed by atoms with van der Waals surface area (Å²) in [6.07, 6.45) is 0. The average Bonchev–Trinajstić information content (AvgIpc) is 2.61. The molecule has 1 N–H and O–H groups in total. The van der Waals surface area contributed by atoms with Crippen LogP contribution in [-0.4, -0.2) is 18.5 Å². The molecule has 2 aromatic carbocycles. The average molecular weight is 382 g/mol. The summed E-state index contributed by atoms with van der Waals surface area (Å²) in [6, 6.07) is 12.5. The Kier molecular flexibility index (Phi) is 6.65. The number of thiocyanates is 1. The van der Waals surface area contributed by atoms with E-state index in [0.29, 0.717) is 11.3 Å². The van der Waals surface area contributed by atoms with Crippen LogP contribution in [0, 0.1) is 17.6 Å². The van der Waals surface area contributed by atoms with E-state index in [1.54, 1.807) is 24.3 Å². The van der Waals surface area contributed by atoms with Gasteiger partial charge in [-0.25, -0.2) is 4.79 Å². The summed E-state index contributed by atoms with van der Waals surface area (Å²) in [6.45, 7) is 7.75. The molecule has 0 saturated carbocycles. The number of benzene rings is 2. The number of thioether (sulfide) groups is 1. The third-order valence-electron chi connectivity index (χ3n) is 3.96. The van der Waals surface area contributed by atoms with Gasteiger partial charge in [0.15, 0.2) is 6.61 Å². The highest BCUT2D eigenvalue weighted by Crippen LogP contribution is 2.24. The molecule has 0 fully saturated rings. The SMILES string of the molecule is Cc1cc(SC#N)ccc1NC(=O)COC(=O)c1ccc(C(C)(C)C)cc1. The van der Waals surface area contributed by atoms with Crippen LogP contribution in [0.5, 0.6) is 0 Å². The third-order valence-corrected chi connectivity index (χ3v) is 4.54. The van der Waals surface area contributed by atoms with E-state index in [-0.39, 0.29) is 12.0 Å². The molecular formula is C21H22N2O3S. The zero-order chi connectivity index (χ0) is 20.0. The minimum absolute atomic E-state index is 0.00146. The van der Waals surface area contributed by atoms with Crippen molar-refractivity contribution < 1.29 is 14.3 Å². The number of ether oxygens (including phenoxy) is 1. The number of anilines is 1. The predicted molar refractivity (Wildman–Crippen MR) is 107 cm³/mol. The normalized spacial score (nSPS) is 10.8. The Hall–Kier alpha value is -2.78. The molecule has 27 heavy (non-hydrogen) atoms. The molecule has 0 bridgehead atoms. The second-order valence-corrected chi connectivity index (χ2v) is 7.98. The number of amides is 1. The largest absolute Gasteiger partial charge is 0.452 e. The molecule has 0 aliphatic carbocycles. The van der Waals surface area contributed by atoms with E-state index in [1.165, 1.54) is 0 Å². The summed E-state index contributed by atoms with van der Waals surface area (Å²) in [7, 11) is 0. The maximum atomic E-state index is 12.1. The van der Waals surface area contributed by atoms with E-state index < -0.39 is 11.9 Å². The van der Waals surface area contributed by atoms with Gasteiger partial charge in [-0.05, 0) is 65.6 Å². The molecule has 6 heteroatoms. The highest BCUT2D eigenvalue weighted by atomic mass is 32.2. The fourth-order valence-electron chi connectivity index (χ4n) is 2.40. The number of carbonyl (C=O) groups excluding carboxylic acids is 2. The van der Waals surface area contributed by atoms with Crippen molar-refractivity contribution in [1.82, 2.24) is 0 Å². The van der Waals surface area contributed by atoms with E-state index in [9.17, 15) is 9.59 Å². The van der Waals surface area contributed by atoms with Crippen molar-refractivity contribution in [3.05, 3.63) is 59.2 Å². The number of nitrogens with zero attached hydrogens (tertiary/aromatic N) is 1. The minimum atomic E-state index is -0.539. The van der Waals surface area contributed by atoms with Crippen molar-refractivity contribution >= 4 is 29.3 Å². The van der Waals surface area contributed by atoms with Gasteiger partial charge in [0.2, 0.25) is 0 Å². The monoisotopic (exact) mass is 382 g/mol. The van der Waals surface area contributed by atoms with Crippen molar-refractivity contribution in [2.45, 2.75) is 38.0 Å². The summed E-state index contributed by atoms with van der Waals surface area (Å²) in [5.41, 5.74) is 2.97. The summed E-state index contributed by atoms with van der Waals surface area (Å²) >= 11 is 1.05. The fourth-order valence-corrected chi connectivity index (χ4v) is 2.88. The van der Waals surface area contributed by atoms with Crippen molar-refractivity contribution in [1.29, 1.82) is 5.26 Å². The number of aryl methyl sites for hydroxylation is 1. The van der Waals surface area contributed by atoms with Gasteiger partial charge in [-0.3, -0.25) is 4.79 Å². The molecule has 1 amide bonds. The molecule has 0 spiro atoms. The first-order valence-electron chi connectivity index (χ1n) is 8.45. The van der Waals surface area contributed by atoms with Crippen LogP contribution in [0.2, 0.25) is 0 Å².